The molecule has 0 bridgehead atoms. The molecule has 0 unspecified atom stereocenters. The Morgan fingerprint density at radius 3 is 2.80 bits per heavy atom. The van der Waals surface area contributed by atoms with Gasteiger partial charge in [0.25, 0.3) is 0 Å². The summed E-state index contributed by atoms with van der Waals surface area (Å²) in [6, 6.07) is 7.50. The van der Waals surface area contributed by atoms with E-state index in [2.05, 4.69) is 4.98 Å². The zero-order valence-electron chi connectivity index (χ0n) is 11.1. The van der Waals surface area contributed by atoms with E-state index in [9.17, 15) is 9.18 Å². The van der Waals surface area contributed by atoms with Crippen LogP contribution in [0, 0.1) is 5.82 Å². The molecule has 2 aromatic rings. The molecule has 1 heterocycles. The molecular weight excluding hydrogens is 259 g/mol. The fourth-order valence-corrected chi connectivity index (χ4v) is 2.05. The van der Waals surface area contributed by atoms with E-state index in [0.29, 0.717) is 18.7 Å². The number of rotatable bonds is 5. The van der Waals surface area contributed by atoms with Crippen LogP contribution in [-0.2, 0) is 13.1 Å². The number of hydrogen-bond donors (Lipinski definition) is 1. The van der Waals surface area contributed by atoms with Crippen LogP contribution >= 0.6 is 0 Å². The molecule has 1 N–H and O–H groups in total. The summed E-state index contributed by atoms with van der Waals surface area (Å²) in [7, 11) is 1.85. The van der Waals surface area contributed by atoms with E-state index < -0.39 is 11.8 Å². The van der Waals surface area contributed by atoms with Crippen molar-refractivity contribution < 1.29 is 14.3 Å². The Morgan fingerprint density at radius 2 is 2.15 bits per heavy atom. The van der Waals surface area contributed by atoms with Crippen molar-refractivity contribution in [2.45, 2.75) is 13.1 Å². The van der Waals surface area contributed by atoms with Crippen molar-refractivity contribution >= 4 is 5.97 Å². The van der Waals surface area contributed by atoms with Gasteiger partial charge in [-0.05, 0) is 42.4 Å². The minimum atomic E-state index is -1.05. The molecule has 0 aliphatic carbocycles. The van der Waals surface area contributed by atoms with Gasteiger partial charge in [-0.3, -0.25) is 9.88 Å². The molecule has 0 spiro atoms. The molecule has 20 heavy (non-hydrogen) atoms. The molecule has 0 saturated carbocycles. The molecule has 5 heteroatoms. The second-order valence-corrected chi connectivity index (χ2v) is 4.64. The molecule has 0 amide bonds. The lowest BCUT2D eigenvalue weighted by Crippen LogP contribution is -2.19. The lowest BCUT2D eigenvalue weighted by atomic mass is 10.1. The highest BCUT2D eigenvalue weighted by atomic mass is 19.1. The van der Waals surface area contributed by atoms with E-state index in [1.807, 2.05) is 24.1 Å². The van der Waals surface area contributed by atoms with E-state index >= 15 is 0 Å². The van der Waals surface area contributed by atoms with Crippen molar-refractivity contribution in [3.05, 3.63) is 65.2 Å². The van der Waals surface area contributed by atoms with Crippen LogP contribution < -0.4 is 0 Å². The summed E-state index contributed by atoms with van der Waals surface area (Å²) in [5.74, 6) is -1.48. The third kappa shape index (κ3) is 3.61. The molecule has 0 fully saturated rings. The van der Waals surface area contributed by atoms with Gasteiger partial charge in [-0.2, -0.15) is 0 Å². The summed E-state index contributed by atoms with van der Waals surface area (Å²) in [4.78, 5) is 17.1. The first-order chi connectivity index (χ1) is 9.56. The summed E-state index contributed by atoms with van der Waals surface area (Å²) in [6.45, 7) is 0.970. The first-order valence-electron chi connectivity index (χ1n) is 6.15. The van der Waals surface area contributed by atoms with E-state index in [-0.39, 0.29) is 5.56 Å². The third-order valence-corrected chi connectivity index (χ3v) is 2.91. The number of nitrogens with zero attached hydrogens (tertiary/aromatic N) is 2. The van der Waals surface area contributed by atoms with Gasteiger partial charge >= 0.3 is 5.97 Å². The van der Waals surface area contributed by atoms with Gasteiger partial charge in [0, 0.05) is 25.5 Å². The van der Waals surface area contributed by atoms with Crippen molar-refractivity contribution in [3.8, 4) is 0 Å². The van der Waals surface area contributed by atoms with Gasteiger partial charge in [-0.25, -0.2) is 9.18 Å². The number of halogens is 1. The first-order valence-corrected chi connectivity index (χ1v) is 6.15. The lowest BCUT2D eigenvalue weighted by Gasteiger charge is -2.18. The highest BCUT2D eigenvalue weighted by Gasteiger charge is 2.12. The highest BCUT2D eigenvalue weighted by Crippen LogP contribution is 2.15. The van der Waals surface area contributed by atoms with Gasteiger partial charge in [-0.15, -0.1) is 0 Å². The van der Waals surface area contributed by atoms with Crippen LogP contribution in [-0.4, -0.2) is 28.0 Å². The average Bonchev–Trinajstić information content (AvgIpc) is 2.39. The van der Waals surface area contributed by atoms with E-state index in [0.717, 1.165) is 11.6 Å². The van der Waals surface area contributed by atoms with Crippen molar-refractivity contribution in [3.63, 3.8) is 0 Å². The zero-order valence-corrected chi connectivity index (χ0v) is 11.1. The molecule has 0 atom stereocenters. The normalized spacial score (nSPS) is 10.8. The van der Waals surface area contributed by atoms with E-state index in [4.69, 9.17) is 5.11 Å². The fourth-order valence-electron chi connectivity index (χ4n) is 2.05. The van der Waals surface area contributed by atoms with Gasteiger partial charge < -0.3 is 5.11 Å². The second-order valence-electron chi connectivity index (χ2n) is 4.64. The number of benzene rings is 1. The number of aromatic carboxylic acids is 1. The third-order valence-electron chi connectivity index (χ3n) is 2.91. The molecule has 0 saturated heterocycles. The average molecular weight is 274 g/mol. The molecule has 1 aromatic carbocycles. The fraction of sp³-hybridized carbons (Fsp3) is 0.200. The van der Waals surface area contributed by atoms with Crippen molar-refractivity contribution in [2.24, 2.45) is 0 Å². The quantitative estimate of drug-likeness (QED) is 0.910. The van der Waals surface area contributed by atoms with Crippen LogP contribution in [0.15, 0.2) is 42.7 Å². The van der Waals surface area contributed by atoms with Crippen molar-refractivity contribution in [1.29, 1.82) is 0 Å². The number of carbonyl (C=O) groups is 1. The molecular formula is C15H15FN2O2. The van der Waals surface area contributed by atoms with Crippen molar-refractivity contribution in [2.75, 3.05) is 7.05 Å². The van der Waals surface area contributed by atoms with Crippen LogP contribution in [0.1, 0.15) is 21.5 Å². The van der Waals surface area contributed by atoms with Crippen molar-refractivity contribution in [1.82, 2.24) is 9.88 Å². The Balaban J connectivity index is 2.13. The molecule has 104 valence electrons. The Hall–Kier alpha value is -2.27. The first kappa shape index (κ1) is 14.1. The van der Waals surface area contributed by atoms with E-state index in [1.54, 1.807) is 12.4 Å². The molecule has 1 aromatic heterocycles. The predicted molar refractivity (Wildman–Crippen MR) is 72.8 cm³/mol. The molecule has 0 radical (unpaired) electrons. The molecule has 0 aliphatic rings. The summed E-state index contributed by atoms with van der Waals surface area (Å²) in [5, 5.41) is 9.11. The maximum Gasteiger partial charge on any atom is 0.336 e. The van der Waals surface area contributed by atoms with Gasteiger partial charge in [0.1, 0.15) is 5.82 Å². The largest absolute Gasteiger partial charge is 0.478 e. The Labute approximate surface area is 116 Å². The highest BCUT2D eigenvalue weighted by molar-refractivity contribution is 5.89. The van der Waals surface area contributed by atoms with Gasteiger partial charge in [-0.1, -0.05) is 6.07 Å². The maximum absolute atomic E-state index is 13.3. The number of pyridine rings is 1. The van der Waals surface area contributed by atoms with Crippen LogP contribution in [0.25, 0.3) is 0 Å². The van der Waals surface area contributed by atoms with Gasteiger partial charge in [0.2, 0.25) is 0 Å². The van der Waals surface area contributed by atoms with Crippen LogP contribution in [0.3, 0.4) is 0 Å². The van der Waals surface area contributed by atoms with Crippen LogP contribution in [0.4, 0.5) is 4.39 Å². The Morgan fingerprint density at radius 1 is 1.35 bits per heavy atom. The Kier molecular flexibility index (Phi) is 4.42. The number of aromatic nitrogens is 1. The van der Waals surface area contributed by atoms with E-state index in [1.165, 1.54) is 12.1 Å². The molecule has 2 rings (SSSR count). The van der Waals surface area contributed by atoms with Gasteiger partial charge in [0.15, 0.2) is 0 Å². The number of carboxylic acid groups (broad SMARTS) is 1. The number of carboxylic acids is 1. The topological polar surface area (TPSA) is 53.4 Å². The minimum Gasteiger partial charge on any atom is -0.478 e. The minimum absolute atomic E-state index is 0.129. The summed E-state index contributed by atoms with van der Waals surface area (Å²) >= 11 is 0. The van der Waals surface area contributed by atoms with Crippen LogP contribution in [0.5, 0.6) is 0 Å². The standard InChI is InChI=1S/C15H15FN2O2/c1-18(9-11-3-2-6-17-8-11)10-12-7-13(16)4-5-14(12)15(19)20/h2-8H,9-10H2,1H3,(H,19,20). The summed E-state index contributed by atoms with van der Waals surface area (Å²) < 4.78 is 13.3. The van der Waals surface area contributed by atoms with Crippen LogP contribution in [0.2, 0.25) is 0 Å². The smallest absolute Gasteiger partial charge is 0.336 e. The monoisotopic (exact) mass is 274 g/mol. The lowest BCUT2D eigenvalue weighted by molar-refractivity contribution is 0.0694. The summed E-state index contributed by atoms with van der Waals surface area (Å²) in [6.07, 6.45) is 3.44. The molecule has 4 nitrogen and oxygen atoms in total. The predicted octanol–water partition coefficient (Wildman–Crippen LogP) is 2.55. The zero-order chi connectivity index (χ0) is 14.5. The van der Waals surface area contributed by atoms with Gasteiger partial charge in [0.05, 0.1) is 5.56 Å². The molecule has 0 aliphatic heterocycles. The summed E-state index contributed by atoms with van der Waals surface area (Å²) in [5.41, 5.74) is 1.61. The second kappa shape index (κ2) is 6.25. The Bertz CT molecular complexity index is 602. The SMILES string of the molecule is CN(Cc1cccnc1)Cc1cc(F)ccc1C(=O)O. The number of hydrogen-bond acceptors (Lipinski definition) is 3. The maximum atomic E-state index is 13.3.